The van der Waals surface area contributed by atoms with Gasteiger partial charge in [0, 0.05) is 29.0 Å². The van der Waals surface area contributed by atoms with Gasteiger partial charge in [-0.05, 0) is 41.5 Å². The Morgan fingerprint density at radius 1 is 1.17 bits per heavy atom. The number of nitrogen functional groups attached to an aromatic ring is 1. The van der Waals surface area contributed by atoms with Crippen LogP contribution in [0.2, 0.25) is 0 Å². The molecule has 0 radical (unpaired) electrons. The molecule has 4 rings (SSSR count). The van der Waals surface area contributed by atoms with Gasteiger partial charge < -0.3 is 15.9 Å². The fourth-order valence-electron chi connectivity index (χ4n) is 3.19. The Labute approximate surface area is 197 Å². The number of benzene rings is 2. The number of hydrogen-bond acceptors (Lipinski definition) is 11. The van der Waals surface area contributed by atoms with Crippen molar-refractivity contribution in [2.75, 3.05) is 12.8 Å². The molecule has 0 saturated carbocycles. The van der Waals surface area contributed by atoms with Crippen molar-refractivity contribution in [1.82, 2.24) is 36.2 Å². The van der Waals surface area contributed by atoms with Crippen molar-refractivity contribution in [2.24, 2.45) is 0 Å². The van der Waals surface area contributed by atoms with Crippen LogP contribution in [0, 0.1) is 10.1 Å². The van der Waals surface area contributed by atoms with E-state index < -0.39 is 10.8 Å². The minimum absolute atomic E-state index is 0.00473. The van der Waals surface area contributed by atoms with Crippen LogP contribution in [0.5, 0.6) is 5.75 Å². The van der Waals surface area contributed by atoms with E-state index in [1.165, 1.54) is 28.9 Å². The van der Waals surface area contributed by atoms with Crippen molar-refractivity contribution in [3.05, 3.63) is 75.6 Å². The van der Waals surface area contributed by atoms with Crippen LogP contribution in [0.1, 0.15) is 23.0 Å². The van der Waals surface area contributed by atoms with E-state index in [4.69, 9.17) is 10.5 Å². The second-order valence-corrected chi connectivity index (χ2v) is 7.12. The van der Waals surface area contributed by atoms with Crippen LogP contribution < -0.4 is 21.3 Å². The maximum Gasteiger partial charge on any atom is 0.292 e. The first-order valence-corrected chi connectivity index (χ1v) is 10.1. The van der Waals surface area contributed by atoms with E-state index in [0.717, 1.165) is 5.56 Å². The molecule has 0 fully saturated rings. The molecule has 2 aromatic carbocycles. The Morgan fingerprint density at radius 3 is 2.57 bits per heavy atom. The number of carbonyl (C=O) groups is 1. The Bertz CT molecular complexity index is 1410. The lowest BCUT2D eigenvalue weighted by Crippen LogP contribution is -2.36. The van der Waals surface area contributed by atoms with Crippen molar-refractivity contribution in [3.8, 4) is 22.8 Å². The summed E-state index contributed by atoms with van der Waals surface area (Å²) in [7, 11) is 1.57. The van der Waals surface area contributed by atoms with Crippen LogP contribution in [0.3, 0.4) is 0 Å². The summed E-state index contributed by atoms with van der Waals surface area (Å²) in [5.41, 5.74) is 12.9. The molecule has 14 nitrogen and oxygen atoms in total. The number of para-hydroxylation sites is 1. The monoisotopic (exact) mass is 477 g/mol. The predicted octanol–water partition coefficient (Wildman–Crippen LogP) is 2.11. The van der Waals surface area contributed by atoms with E-state index in [9.17, 15) is 14.9 Å². The zero-order chi connectivity index (χ0) is 24.9. The number of amides is 1. The minimum atomic E-state index is -0.632. The van der Waals surface area contributed by atoms with Gasteiger partial charge in [0.05, 0.1) is 12.0 Å². The van der Waals surface area contributed by atoms with Crippen molar-refractivity contribution in [1.29, 1.82) is 0 Å². The number of nitrogens with two attached hydrogens (primary N) is 1. The highest BCUT2D eigenvalue weighted by Gasteiger charge is 2.25. The molecule has 2 heterocycles. The Balaban J connectivity index is 1.64. The number of hydrazine groups is 1. The number of anilines is 1. The maximum atomic E-state index is 13.0. The van der Waals surface area contributed by atoms with E-state index in [2.05, 4.69) is 36.1 Å². The van der Waals surface area contributed by atoms with Crippen LogP contribution in [0.25, 0.3) is 23.2 Å². The van der Waals surface area contributed by atoms with Gasteiger partial charge in [-0.3, -0.25) is 20.3 Å². The second kappa shape index (κ2) is 9.70. The summed E-state index contributed by atoms with van der Waals surface area (Å²) < 4.78 is 11.1. The molecule has 35 heavy (non-hydrogen) atoms. The Morgan fingerprint density at radius 2 is 1.91 bits per heavy atom. The number of allylic oxidation sites excluding steroid dienone is 1. The zero-order valence-electron chi connectivity index (χ0n) is 18.5. The van der Waals surface area contributed by atoms with E-state index in [-0.39, 0.29) is 28.7 Å². The number of rotatable bonds is 8. The second-order valence-electron chi connectivity index (χ2n) is 7.12. The third-order valence-electron chi connectivity index (χ3n) is 4.82. The zero-order valence-corrected chi connectivity index (χ0v) is 18.5. The average molecular weight is 477 g/mol. The summed E-state index contributed by atoms with van der Waals surface area (Å²) in [6, 6.07) is 12.9. The number of aromatic nitrogens is 5. The lowest BCUT2D eigenvalue weighted by atomic mass is 10.1. The first-order chi connectivity index (χ1) is 16.9. The predicted molar refractivity (Wildman–Crippen MR) is 123 cm³/mol. The third-order valence-corrected chi connectivity index (χ3v) is 4.82. The van der Waals surface area contributed by atoms with Crippen LogP contribution in [-0.4, -0.2) is 43.2 Å². The first-order valence-electron chi connectivity index (χ1n) is 10.1. The maximum absolute atomic E-state index is 13.0. The summed E-state index contributed by atoms with van der Waals surface area (Å²) in [6.45, 7) is 1.75. The Kier molecular flexibility index (Phi) is 6.35. The third kappa shape index (κ3) is 4.75. The summed E-state index contributed by atoms with van der Waals surface area (Å²) in [5, 5.41) is 26.2. The van der Waals surface area contributed by atoms with E-state index in [1.54, 1.807) is 20.1 Å². The van der Waals surface area contributed by atoms with Crippen LogP contribution in [-0.2, 0) is 0 Å². The molecule has 2 aromatic heterocycles. The van der Waals surface area contributed by atoms with Gasteiger partial charge in [0.2, 0.25) is 11.6 Å². The molecule has 0 bridgehead atoms. The molecule has 1 amide bonds. The van der Waals surface area contributed by atoms with Gasteiger partial charge in [0.25, 0.3) is 11.6 Å². The topological polar surface area (TPSA) is 189 Å². The van der Waals surface area contributed by atoms with Crippen LogP contribution in [0.15, 0.2) is 58.9 Å². The standard InChI is InChI=1S/C21H19N9O5/c1-12(11-14-5-3-4-6-16(14)34-2)23-25-21(31)17-18(13-7-9-15(10-8-13)30(32)33)29(28-24-17)20-19(22)26-35-27-20/h3-11,23H,1-2H3,(H2,22,26)(H,25,31)/b12-11-. The highest BCUT2D eigenvalue weighted by molar-refractivity contribution is 5.98. The summed E-state index contributed by atoms with van der Waals surface area (Å²) in [6.07, 6.45) is 1.79. The van der Waals surface area contributed by atoms with Crippen molar-refractivity contribution < 1.29 is 19.1 Å². The fraction of sp³-hybridized carbons (Fsp3) is 0.0952. The molecule has 0 aliphatic carbocycles. The van der Waals surface area contributed by atoms with Crippen LogP contribution in [0.4, 0.5) is 11.5 Å². The van der Waals surface area contributed by atoms with Gasteiger partial charge in [-0.2, -0.15) is 4.68 Å². The number of hydrogen-bond donors (Lipinski definition) is 3. The molecule has 14 heteroatoms. The fourth-order valence-corrected chi connectivity index (χ4v) is 3.19. The molecule has 0 spiro atoms. The van der Waals surface area contributed by atoms with Gasteiger partial charge >= 0.3 is 0 Å². The van der Waals surface area contributed by atoms with Gasteiger partial charge in [-0.1, -0.05) is 23.4 Å². The van der Waals surface area contributed by atoms with E-state index in [0.29, 0.717) is 17.0 Å². The lowest BCUT2D eigenvalue weighted by molar-refractivity contribution is -0.384. The number of nitro groups is 1. The number of methoxy groups -OCH3 is 1. The van der Waals surface area contributed by atoms with E-state index in [1.807, 2.05) is 24.3 Å². The summed E-state index contributed by atoms with van der Waals surface area (Å²) in [4.78, 5) is 23.5. The molecule has 0 atom stereocenters. The minimum Gasteiger partial charge on any atom is -0.496 e. The molecule has 4 N–H and O–H groups in total. The number of carbonyl (C=O) groups excluding carboxylic acids is 1. The molecule has 178 valence electrons. The molecule has 0 aliphatic rings. The van der Waals surface area contributed by atoms with Crippen molar-refractivity contribution >= 4 is 23.5 Å². The summed E-state index contributed by atoms with van der Waals surface area (Å²) in [5.74, 6) is -0.0431. The summed E-state index contributed by atoms with van der Waals surface area (Å²) >= 11 is 0. The van der Waals surface area contributed by atoms with Gasteiger partial charge in [-0.25, -0.2) is 4.63 Å². The first kappa shape index (κ1) is 22.9. The van der Waals surface area contributed by atoms with Gasteiger partial charge in [0.1, 0.15) is 11.4 Å². The van der Waals surface area contributed by atoms with Gasteiger partial charge in [0.15, 0.2) is 5.69 Å². The number of nitrogens with zero attached hydrogens (tertiary/aromatic N) is 6. The highest BCUT2D eigenvalue weighted by Crippen LogP contribution is 2.28. The molecule has 0 saturated heterocycles. The van der Waals surface area contributed by atoms with Crippen molar-refractivity contribution in [2.45, 2.75) is 6.92 Å². The SMILES string of the molecule is COc1ccccc1/C=C(/C)NNC(=O)c1nnn(-c2nonc2N)c1-c1ccc([N+](=O)[O-])cc1. The smallest absolute Gasteiger partial charge is 0.292 e. The molecular weight excluding hydrogens is 458 g/mol. The van der Waals surface area contributed by atoms with Crippen LogP contribution >= 0.6 is 0 Å². The molecule has 0 unspecified atom stereocenters. The Hall–Kier alpha value is -5.27. The average Bonchev–Trinajstić information content (AvgIpc) is 3.49. The number of nitrogens with one attached hydrogen (secondary N) is 2. The molecular formula is C21H19N9O5. The number of nitro benzene ring substituents is 1. The molecule has 4 aromatic rings. The highest BCUT2D eigenvalue weighted by atomic mass is 16.6. The van der Waals surface area contributed by atoms with Gasteiger partial charge in [-0.15, -0.1) is 5.10 Å². The van der Waals surface area contributed by atoms with E-state index >= 15 is 0 Å². The lowest BCUT2D eigenvalue weighted by Gasteiger charge is -2.10. The largest absolute Gasteiger partial charge is 0.496 e. The number of ether oxygens (including phenoxy) is 1. The normalized spacial score (nSPS) is 11.2. The molecule has 0 aliphatic heterocycles. The number of non-ortho nitro benzene ring substituents is 1. The quantitative estimate of drug-likeness (QED) is 0.249. The van der Waals surface area contributed by atoms with Crippen molar-refractivity contribution in [3.63, 3.8) is 0 Å².